The van der Waals surface area contributed by atoms with E-state index in [1.54, 1.807) is 0 Å². The molecule has 1 aliphatic heterocycles. The summed E-state index contributed by atoms with van der Waals surface area (Å²) >= 11 is 0. The Morgan fingerprint density at radius 3 is 2.83 bits per heavy atom. The summed E-state index contributed by atoms with van der Waals surface area (Å²) in [6.07, 6.45) is -1.04. The summed E-state index contributed by atoms with van der Waals surface area (Å²) in [5.74, 6) is 0. The van der Waals surface area contributed by atoms with Gasteiger partial charge < -0.3 is 14.6 Å². The van der Waals surface area contributed by atoms with E-state index in [1.807, 2.05) is 6.92 Å². The third-order valence-corrected chi connectivity index (χ3v) is 2.07. The molecule has 3 unspecified atom stereocenters. The topological polar surface area (TPSA) is 38.7 Å². The molecule has 0 aromatic heterocycles. The lowest BCUT2D eigenvalue weighted by Crippen LogP contribution is -2.32. The summed E-state index contributed by atoms with van der Waals surface area (Å²) < 4.78 is 23.7. The van der Waals surface area contributed by atoms with Crippen molar-refractivity contribution in [1.29, 1.82) is 0 Å². The Morgan fingerprint density at radius 1 is 1.75 bits per heavy atom. The van der Waals surface area contributed by atoms with Gasteiger partial charge >= 0.3 is 0 Å². The van der Waals surface area contributed by atoms with E-state index in [-0.39, 0.29) is 13.0 Å². The first-order valence-electron chi connectivity index (χ1n) is 4.17. The van der Waals surface area contributed by atoms with Crippen LogP contribution in [0.4, 0.5) is 4.39 Å². The monoisotopic (exact) mass is 178 g/mol. The fraction of sp³-hybridized carbons (Fsp3) is 1.00. The molecule has 0 radical (unpaired) electrons. The smallest absolute Gasteiger partial charge is 0.161 e. The zero-order chi connectivity index (χ0) is 9.19. The molecule has 1 saturated heterocycles. The van der Waals surface area contributed by atoms with Crippen molar-refractivity contribution in [3.8, 4) is 0 Å². The first-order valence-corrected chi connectivity index (χ1v) is 4.17. The van der Waals surface area contributed by atoms with Gasteiger partial charge in [0.15, 0.2) is 6.29 Å². The second-order valence-electron chi connectivity index (χ2n) is 3.17. The highest BCUT2D eigenvalue weighted by atomic mass is 19.1. The number of alkyl halides is 1. The van der Waals surface area contributed by atoms with Gasteiger partial charge in [0.2, 0.25) is 0 Å². The van der Waals surface area contributed by atoms with Crippen LogP contribution in [0.2, 0.25) is 0 Å². The second-order valence-corrected chi connectivity index (χ2v) is 3.17. The third-order valence-electron chi connectivity index (χ3n) is 2.07. The fourth-order valence-electron chi connectivity index (χ4n) is 1.35. The second kappa shape index (κ2) is 3.68. The normalized spacial score (nSPS) is 42.0. The first-order chi connectivity index (χ1) is 5.60. The summed E-state index contributed by atoms with van der Waals surface area (Å²) in [7, 11) is 0. The molecule has 1 rings (SSSR count). The third kappa shape index (κ3) is 1.94. The maximum Gasteiger partial charge on any atom is 0.161 e. The Labute approximate surface area is 71.5 Å². The minimum Gasteiger partial charge on any atom is -0.394 e. The molecule has 0 spiro atoms. The average molecular weight is 178 g/mol. The van der Waals surface area contributed by atoms with E-state index in [0.717, 1.165) is 0 Å². The van der Waals surface area contributed by atoms with Crippen molar-refractivity contribution < 1.29 is 19.0 Å². The maximum atomic E-state index is 13.5. The van der Waals surface area contributed by atoms with Gasteiger partial charge in [-0.2, -0.15) is 0 Å². The highest BCUT2D eigenvalue weighted by Crippen LogP contribution is 2.33. The average Bonchev–Trinajstić information content (AvgIpc) is 2.25. The van der Waals surface area contributed by atoms with Crippen LogP contribution < -0.4 is 0 Å². The van der Waals surface area contributed by atoms with Crippen LogP contribution in [0.3, 0.4) is 0 Å². The zero-order valence-corrected chi connectivity index (χ0v) is 7.42. The molecule has 72 valence electrons. The van der Waals surface area contributed by atoms with Crippen LogP contribution >= 0.6 is 0 Å². The summed E-state index contributed by atoms with van der Waals surface area (Å²) in [6.45, 7) is 3.45. The number of halogens is 1. The van der Waals surface area contributed by atoms with Crippen molar-refractivity contribution in [3.63, 3.8) is 0 Å². The molecule has 1 fully saturated rings. The van der Waals surface area contributed by atoms with Crippen molar-refractivity contribution in [2.45, 2.75) is 38.3 Å². The van der Waals surface area contributed by atoms with Gasteiger partial charge in [0.05, 0.1) is 6.61 Å². The predicted octanol–water partition coefficient (Wildman–Crippen LogP) is 0.858. The van der Waals surface area contributed by atoms with Gasteiger partial charge in [-0.25, -0.2) is 4.39 Å². The molecule has 1 N–H and O–H groups in total. The van der Waals surface area contributed by atoms with Crippen LogP contribution in [0.1, 0.15) is 20.3 Å². The molecule has 0 aromatic rings. The summed E-state index contributed by atoms with van der Waals surface area (Å²) in [5.41, 5.74) is -1.46. The Morgan fingerprint density at radius 2 is 2.42 bits per heavy atom. The largest absolute Gasteiger partial charge is 0.394 e. The summed E-state index contributed by atoms with van der Waals surface area (Å²) in [6, 6.07) is 0. The number of hydrogen-bond donors (Lipinski definition) is 1. The van der Waals surface area contributed by atoms with Crippen molar-refractivity contribution in [3.05, 3.63) is 0 Å². The van der Waals surface area contributed by atoms with Crippen molar-refractivity contribution in [1.82, 2.24) is 0 Å². The van der Waals surface area contributed by atoms with Crippen molar-refractivity contribution >= 4 is 0 Å². The predicted molar refractivity (Wildman–Crippen MR) is 41.5 cm³/mol. The first kappa shape index (κ1) is 9.89. The molecular weight excluding hydrogens is 163 g/mol. The summed E-state index contributed by atoms with van der Waals surface area (Å²) in [5, 5.41) is 8.77. The molecule has 0 amide bonds. The lowest BCUT2D eigenvalue weighted by Gasteiger charge is -2.17. The zero-order valence-electron chi connectivity index (χ0n) is 7.42. The number of aliphatic hydroxyl groups is 1. The molecule has 0 aliphatic carbocycles. The van der Waals surface area contributed by atoms with Gasteiger partial charge in [0.25, 0.3) is 0 Å². The van der Waals surface area contributed by atoms with E-state index >= 15 is 0 Å². The van der Waals surface area contributed by atoms with Crippen LogP contribution in [-0.4, -0.2) is 36.4 Å². The maximum absolute atomic E-state index is 13.5. The van der Waals surface area contributed by atoms with Crippen LogP contribution in [0, 0.1) is 0 Å². The van der Waals surface area contributed by atoms with E-state index in [4.69, 9.17) is 14.6 Å². The highest BCUT2D eigenvalue weighted by molar-refractivity contribution is 4.90. The molecule has 3 atom stereocenters. The molecule has 1 aliphatic rings. The Kier molecular flexibility index (Phi) is 3.04. The van der Waals surface area contributed by atoms with Gasteiger partial charge in [-0.1, -0.05) is 0 Å². The van der Waals surface area contributed by atoms with E-state index < -0.39 is 18.1 Å². The van der Waals surface area contributed by atoms with E-state index in [2.05, 4.69) is 0 Å². The Hall–Kier alpha value is -0.190. The van der Waals surface area contributed by atoms with Crippen LogP contribution in [-0.2, 0) is 9.47 Å². The van der Waals surface area contributed by atoms with Crippen molar-refractivity contribution in [2.75, 3.05) is 13.2 Å². The Bertz CT molecular complexity index is 149. The summed E-state index contributed by atoms with van der Waals surface area (Å²) in [4.78, 5) is 0. The van der Waals surface area contributed by atoms with Crippen molar-refractivity contribution in [2.24, 2.45) is 0 Å². The molecule has 12 heavy (non-hydrogen) atoms. The van der Waals surface area contributed by atoms with Gasteiger partial charge in [-0.3, -0.25) is 0 Å². The fourth-order valence-corrected chi connectivity index (χ4v) is 1.35. The van der Waals surface area contributed by atoms with Gasteiger partial charge in [0, 0.05) is 13.0 Å². The van der Waals surface area contributed by atoms with Gasteiger partial charge in [-0.05, 0) is 13.8 Å². The van der Waals surface area contributed by atoms with Crippen LogP contribution in [0.15, 0.2) is 0 Å². The van der Waals surface area contributed by atoms with Crippen LogP contribution in [0.5, 0.6) is 0 Å². The molecule has 1 heterocycles. The molecule has 0 bridgehead atoms. The molecule has 4 heteroatoms. The molecule has 3 nitrogen and oxygen atoms in total. The molecule has 0 saturated carbocycles. The number of aliphatic hydroxyl groups excluding tert-OH is 1. The van der Waals surface area contributed by atoms with Gasteiger partial charge in [-0.15, -0.1) is 0 Å². The lowest BCUT2D eigenvalue weighted by molar-refractivity contribution is -0.141. The van der Waals surface area contributed by atoms with Gasteiger partial charge in [0.1, 0.15) is 11.8 Å². The quantitative estimate of drug-likeness (QED) is 0.696. The standard InChI is InChI=1S/C8H15FO3/c1-3-11-7-4-8(2,9)6(5-10)12-7/h6-7,10H,3-5H2,1-2H3. The highest BCUT2D eigenvalue weighted by Gasteiger charge is 2.45. The minimum absolute atomic E-state index is 0.200. The van der Waals surface area contributed by atoms with Crippen LogP contribution in [0.25, 0.3) is 0 Å². The number of rotatable bonds is 3. The van der Waals surface area contributed by atoms with E-state index in [9.17, 15) is 4.39 Å². The van der Waals surface area contributed by atoms with E-state index in [1.165, 1.54) is 6.92 Å². The molecule has 0 aromatic carbocycles. The Balaban J connectivity index is 2.48. The lowest BCUT2D eigenvalue weighted by atomic mass is 10.0. The number of ether oxygens (including phenoxy) is 2. The number of hydrogen-bond acceptors (Lipinski definition) is 3. The van der Waals surface area contributed by atoms with E-state index in [0.29, 0.717) is 6.61 Å². The minimum atomic E-state index is -1.46. The SMILES string of the molecule is CCOC1CC(C)(F)C(CO)O1. The molecular formula is C8H15FO3.